The van der Waals surface area contributed by atoms with Crippen LogP contribution in [0.5, 0.6) is 5.88 Å². The largest absolute Gasteiger partial charge is 0.473 e. The van der Waals surface area contributed by atoms with Crippen molar-refractivity contribution in [2.45, 2.75) is 43.7 Å². The summed E-state index contributed by atoms with van der Waals surface area (Å²) in [5.74, 6) is 1.82. The van der Waals surface area contributed by atoms with Gasteiger partial charge in [0.05, 0.1) is 7.11 Å². The fraction of sp³-hybridized carbons (Fsp3) is 0.588. The molecule has 2 aliphatic rings. The topological polar surface area (TPSA) is 77.5 Å². The molecule has 1 atom stereocenters. The Morgan fingerprint density at radius 2 is 2.17 bits per heavy atom. The molecule has 6 nitrogen and oxygen atoms in total. The number of esters is 1. The Hall–Kier alpha value is -1.76. The third kappa shape index (κ3) is 3.66. The molecule has 0 unspecified atom stereocenters. The van der Waals surface area contributed by atoms with E-state index in [0.29, 0.717) is 24.3 Å². The first-order valence-electron chi connectivity index (χ1n) is 8.24. The average Bonchev–Trinajstić information content (AvgIpc) is 3.27. The minimum atomic E-state index is -0.905. The van der Waals surface area contributed by atoms with E-state index >= 15 is 0 Å². The molecule has 1 amide bonds. The standard InChI is InChI=1S/C17H22N2O4S/c1-22-16(21)17(6-2-3-7-17)19-15(20)12-4-8-18-14(10-12)23-13-5-9-24-11-13/h4,8,10,13H,2-3,5-7,9,11H2,1H3,(H,19,20)/t13-/m0/s1. The molecule has 1 aromatic rings. The highest BCUT2D eigenvalue weighted by molar-refractivity contribution is 7.99. The highest BCUT2D eigenvalue weighted by Crippen LogP contribution is 2.31. The Morgan fingerprint density at radius 1 is 1.38 bits per heavy atom. The number of nitrogens with one attached hydrogen (secondary N) is 1. The number of hydrogen-bond acceptors (Lipinski definition) is 6. The van der Waals surface area contributed by atoms with Crippen LogP contribution in [0, 0.1) is 0 Å². The summed E-state index contributed by atoms with van der Waals surface area (Å²) in [5.41, 5.74) is -0.459. The molecule has 24 heavy (non-hydrogen) atoms. The van der Waals surface area contributed by atoms with Gasteiger partial charge in [0.15, 0.2) is 0 Å². The maximum absolute atomic E-state index is 12.6. The smallest absolute Gasteiger partial charge is 0.331 e. The van der Waals surface area contributed by atoms with Crippen molar-refractivity contribution in [3.63, 3.8) is 0 Å². The first kappa shape index (κ1) is 17.1. The van der Waals surface area contributed by atoms with Crippen LogP contribution in [0.4, 0.5) is 0 Å². The molecule has 3 rings (SSSR count). The predicted octanol–water partition coefficient (Wildman–Crippen LogP) is 2.18. The number of pyridine rings is 1. The van der Waals surface area contributed by atoms with Gasteiger partial charge in [0.1, 0.15) is 11.6 Å². The molecule has 0 bridgehead atoms. The molecule has 130 valence electrons. The van der Waals surface area contributed by atoms with E-state index in [-0.39, 0.29) is 18.0 Å². The lowest BCUT2D eigenvalue weighted by Crippen LogP contribution is -2.53. The van der Waals surface area contributed by atoms with Crippen molar-refractivity contribution in [2.75, 3.05) is 18.6 Å². The van der Waals surface area contributed by atoms with Crippen LogP contribution in [0.1, 0.15) is 42.5 Å². The summed E-state index contributed by atoms with van der Waals surface area (Å²) in [5, 5.41) is 2.88. The molecule has 1 N–H and O–H groups in total. The van der Waals surface area contributed by atoms with Gasteiger partial charge in [-0.1, -0.05) is 12.8 Å². The van der Waals surface area contributed by atoms with E-state index in [4.69, 9.17) is 9.47 Å². The molecule has 0 spiro atoms. The number of rotatable bonds is 5. The Morgan fingerprint density at radius 3 is 2.83 bits per heavy atom. The van der Waals surface area contributed by atoms with Crippen LogP contribution in [0.15, 0.2) is 18.3 Å². The van der Waals surface area contributed by atoms with Crippen LogP contribution in [0.25, 0.3) is 0 Å². The molecular weight excluding hydrogens is 328 g/mol. The van der Waals surface area contributed by atoms with Gasteiger partial charge in [0, 0.05) is 23.6 Å². The molecule has 2 fully saturated rings. The first-order valence-corrected chi connectivity index (χ1v) is 9.40. The van der Waals surface area contributed by atoms with Crippen LogP contribution >= 0.6 is 11.8 Å². The second-order valence-electron chi connectivity index (χ2n) is 6.22. The molecule has 1 aliphatic carbocycles. The number of thioether (sulfide) groups is 1. The monoisotopic (exact) mass is 350 g/mol. The van der Waals surface area contributed by atoms with Gasteiger partial charge in [0.2, 0.25) is 5.88 Å². The van der Waals surface area contributed by atoms with Crippen LogP contribution in [0.3, 0.4) is 0 Å². The zero-order chi connectivity index (χ0) is 17.0. The Balaban J connectivity index is 1.71. The van der Waals surface area contributed by atoms with Crippen LogP contribution in [0.2, 0.25) is 0 Å². The lowest BCUT2D eigenvalue weighted by Gasteiger charge is -2.27. The minimum absolute atomic E-state index is 0.150. The van der Waals surface area contributed by atoms with Crippen molar-refractivity contribution in [3.8, 4) is 5.88 Å². The number of methoxy groups -OCH3 is 1. The number of ether oxygens (including phenoxy) is 2. The molecular formula is C17H22N2O4S. The number of carbonyl (C=O) groups excluding carboxylic acids is 2. The SMILES string of the molecule is COC(=O)C1(NC(=O)c2ccnc(O[C@H]3CCSC3)c2)CCCC1. The van der Waals surface area contributed by atoms with Gasteiger partial charge in [-0.15, -0.1) is 0 Å². The van der Waals surface area contributed by atoms with E-state index in [9.17, 15) is 9.59 Å². The summed E-state index contributed by atoms with van der Waals surface area (Å²) in [6.45, 7) is 0. The number of aromatic nitrogens is 1. The number of amides is 1. The Labute approximate surface area is 145 Å². The highest BCUT2D eigenvalue weighted by atomic mass is 32.2. The third-order valence-corrected chi connectivity index (χ3v) is 5.69. The maximum atomic E-state index is 12.6. The second-order valence-corrected chi connectivity index (χ2v) is 7.37. The molecule has 0 aromatic carbocycles. The van der Waals surface area contributed by atoms with Crippen molar-refractivity contribution in [1.82, 2.24) is 10.3 Å². The van der Waals surface area contributed by atoms with Gasteiger partial charge < -0.3 is 14.8 Å². The van der Waals surface area contributed by atoms with Gasteiger partial charge in [0.25, 0.3) is 5.91 Å². The molecule has 1 saturated heterocycles. The van der Waals surface area contributed by atoms with Gasteiger partial charge in [-0.25, -0.2) is 9.78 Å². The van der Waals surface area contributed by atoms with Crippen molar-refractivity contribution >= 4 is 23.6 Å². The van der Waals surface area contributed by atoms with Gasteiger partial charge >= 0.3 is 5.97 Å². The van der Waals surface area contributed by atoms with E-state index < -0.39 is 5.54 Å². The minimum Gasteiger partial charge on any atom is -0.473 e. The van der Waals surface area contributed by atoms with E-state index in [1.807, 2.05) is 11.8 Å². The molecule has 1 aromatic heterocycles. The fourth-order valence-electron chi connectivity index (χ4n) is 3.24. The number of nitrogens with zero attached hydrogens (tertiary/aromatic N) is 1. The van der Waals surface area contributed by atoms with Crippen molar-refractivity contribution in [2.24, 2.45) is 0 Å². The third-order valence-electron chi connectivity index (χ3n) is 4.56. The van der Waals surface area contributed by atoms with Gasteiger partial charge in [-0.05, 0) is 31.1 Å². The lowest BCUT2D eigenvalue weighted by atomic mass is 9.97. The summed E-state index contributed by atoms with van der Waals surface area (Å²) in [7, 11) is 1.35. The summed E-state index contributed by atoms with van der Waals surface area (Å²) >= 11 is 1.85. The highest BCUT2D eigenvalue weighted by Gasteiger charge is 2.43. The number of hydrogen-bond donors (Lipinski definition) is 1. The fourth-order valence-corrected chi connectivity index (χ4v) is 4.33. The van der Waals surface area contributed by atoms with Gasteiger partial charge in [-0.3, -0.25) is 4.79 Å². The summed E-state index contributed by atoms with van der Waals surface area (Å²) in [4.78, 5) is 28.9. The molecule has 7 heteroatoms. The second kappa shape index (κ2) is 7.42. The Bertz CT molecular complexity index is 610. The zero-order valence-corrected chi connectivity index (χ0v) is 14.6. The quantitative estimate of drug-likeness (QED) is 0.820. The normalized spacial score (nSPS) is 22.1. The Kier molecular flexibility index (Phi) is 5.28. The summed E-state index contributed by atoms with van der Waals surface area (Å²) < 4.78 is 10.7. The summed E-state index contributed by atoms with van der Waals surface area (Å²) in [6.07, 6.45) is 5.73. The van der Waals surface area contributed by atoms with Gasteiger partial charge in [-0.2, -0.15) is 11.8 Å². The van der Waals surface area contributed by atoms with E-state index in [2.05, 4.69) is 10.3 Å². The molecule has 1 saturated carbocycles. The molecule has 2 heterocycles. The van der Waals surface area contributed by atoms with E-state index in [1.165, 1.54) is 7.11 Å². The molecule has 0 radical (unpaired) electrons. The first-order chi connectivity index (χ1) is 11.6. The van der Waals surface area contributed by atoms with Crippen molar-refractivity contribution in [3.05, 3.63) is 23.9 Å². The number of carbonyl (C=O) groups is 2. The van der Waals surface area contributed by atoms with E-state index in [0.717, 1.165) is 30.8 Å². The predicted molar refractivity (Wildman–Crippen MR) is 91.3 cm³/mol. The lowest BCUT2D eigenvalue weighted by molar-refractivity contribution is -0.148. The van der Waals surface area contributed by atoms with Crippen LogP contribution in [-0.2, 0) is 9.53 Å². The van der Waals surface area contributed by atoms with Crippen molar-refractivity contribution in [1.29, 1.82) is 0 Å². The van der Waals surface area contributed by atoms with Crippen LogP contribution < -0.4 is 10.1 Å². The maximum Gasteiger partial charge on any atom is 0.331 e. The summed E-state index contributed by atoms with van der Waals surface area (Å²) in [6, 6.07) is 3.27. The average molecular weight is 350 g/mol. The van der Waals surface area contributed by atoms with E-state index in [1.54, 1.807) is 18.3 Å². The molecule has 1 aliphatic heterocycles. The zero-order valence-electron chi connectivity index (χ0n) is 13.7. The van der Waals surface area contributed by atoms with Crippen molar-refractivity contribution < 1.29 is 19.1 Å². The van der Waals surface area contributed by atoms with Crippen LogP contribution in [-0.4, -0.2) is 47.1 Å².